The Morgan fingerprint density at radius 1 is 1.48 bits per heavy atom. The van der Waals surface area contributed by atoms with Crippen molar-refractivity contribution in [3.05, 3.63) is 54.8 Å². The monoisotopic (exact) mass is 339 g/mol. The van der Waals surface area contributed by atoms with Gasteiger partial charge >= 0.3 is 0 Å². The molecule has 3 aromatic rings. The molecule has 0 atom stereocenters. The molecular formula is C18H21N5O2. The number of nitrogens with one attached hydrogen (secondary N) is 2. The van der Waals surface area contributed by atoms with E-state index in [2.05, 4.69) is 27.0 Å². The Morgan fingerprint density at radius 3 is 3.04 bits per heavy atom. The fraction of sp³-hybridized carbons (Fsp3) is 0.278. The van der Waals surface area contributed by atoms with Crippen molar-refractivity contribution in [1.82, 2.24) is 25.1 Å². The van der Waals surface area contributed by atoms with E-state index in [4.69, 9.17) is 4.74 Å². The lowest BCUT2D eigenvalue weighted by Crippen LogP contribution is -2.23. The molecule has 7 nitrogen and oxygen atoms in total. The summed E-state index contributed by atoms with van der Waals surface area (Å²) < 4.78 is 7.38. The zero-order chi connectivity index (χ0) is 17.8. The summed E-state index contributed by atoms with van der Waals surface area (Å²) in [4.78, 5) is 19.7. The van der Waals surface area contributed by atoms with Crippen molar-refractivity contribution in [3.8, 4) is 5.75 Å². The molecule has 1 aromatic carbocycles. The highest BCUT2D eigenvalue weighted by atomic mass is 16.5. The molecular weight excluding hydrogens is 318 g/mol. The lowest BCUT2D eigenvalue weighted by Gasteiger charge is -2.03. The standard InChI is InChI=1S/C18H21N5O2/c1-4-8-25-16-7-5-6-14-13(16)9-15(21-14)18(24)19-10-17-20-11-23(22-17)12(2)3/h4-7,9,11-12,21H,1,8,10H2,2-3H3,(H,19,24). The van der Waals surface area contributed by atoms with E-state index in [1.54, 1.807) is 23.2 Å². The maximum absolute atomic E-state index is 12.4. The van der Waals surface area contributed by atoms with Gasteiger partial charge in [0.2, 0.25) is 0 Å². The SMILES string of the molecule is C=CCOc1cccc2[nH]c(C(=O)NCc3ncn(C(C)C)n3)cc12. The minimum Gasteiger partial charge on any atom is -0.489 e. The van der Waals surface area contributed by atoms with Crippen LogP contribution in [0, 0.1) is 0 Å². The summed E-state index contributed by atoms with van der Waals surface area (Å²) in [5.41, 5.74) is 1.31. The van der Waals surface area contributed by atoms with Gasteiger partial charge in [0.15, 0.2) is 5.82 Å². The highest BCUT2D eigenvalue weighted by Crippen LogP contribution is 2.26. The number of hydrogen-bond donors (Lipinski definition) is 2. The average molecular weight is 339 g/mol. The Kier molecular flexibility index (Phi) is 4.83. The van der Waals surface area contributed by atoms with Gasteiger partial charge in [0.05, 0.1) is 6.54 Å². The van der Waals surface area contributed by atoms with E-state index >= 15 is 0 Å². The first kappa shape index (κ1) is 16.8. The molecule has 0 radical (unpaired) electrons. The second-order valence-corrected chi connectivity index (χ2v) is 5.92. The maximum atomic E-state index is 12.4. The van der Waals surface area contributed by atoms with Gasteiger partial charge in [-0.3, -0.25) is 9.48 Å². The van der Waals surface area contributed by atoms with Crippen LogP contribution in [-0.2, 0) is 6.54 Å². The number of nitrogens with zero attached hydrogens (tertiary/aromatic N) is 3. The molecule has 0 aliphatic rings. The Hall–Kier alpha value is -3.09. The largest absolute Gasteiger partial charge is 0.489 e. The fourth-order valence-electron chi connectivity index (χ4n) is 2.42. The number of aromatic amines is 1. The lowest BCUT2D eigenvalue weighted by atomic mass is 10.2. The Morgan fingerprint density at radius 2 is 2.32 bits per heavy atom. The summed E-state index contributed by atoms with van der Waals surface area (Å²) >= 11 is 0. The topological polar surface area (TPSA) is 84.8 Å². The molecule has 2 heterocycles. The van der Waals surface area contributed by atoms with E-state index in [0.29, 0.717) is 23.9 Å². The van der Waals surface area contributed by atoms with E-state index in [0.717, 1.165) is 10.9 Å². The molecule has 0 spiro atoms. The predicted molar refractivity (Wildman–Crippen MR) is 95.6 cm³/mol. The number of amides is 1. The Balaban J connectivity index is 1.72. The normalized spacial score (nSPS) is 11.0. The molecule has 0 unspecified atom stereocenters. The van der Waals surface area contributed by atoms with Gasteiger partial charge in [-0.25, -0.2) is 4.98 Å². The van der Waals surface area contributed by atoms with Crippen LogP contribution in [0.1, 0.15) is 36.2 Å². The summed E-state index contributed by atoms with van der Waals surface area (Å²) in [5, 5.41) is 8.00. The van der Waals surface area contributed by atoms with Gasteiger partial charge in [0, 0.05) is 16.9 Å². The number of carbonyl (C=O) groups is 1. The number of ether oxygens (including phenoxy) is 1. The van der Waals surface area contributed by atoms with Crippen LogP contribution in [0.3, 0.4) is 0 Å². The maximum Gasteiger partial charge on any atom is 0.268 e. The van der Waals surface area contributed by atoms with Gasteiger partial charge in [-0.05, 0) is 32.0 Å². The number of hydrogen-bond acceptors (Lipinski definition) is 4. The van der Waals surface area contributed by atoms with Gasteiger partial charge in [-0.2, -0.15) is 5.10 Å². The first-order valence-corrected chi connectivity index (χ1v) is 8.12. The Labute approximate surface area is 145 Å². The van der Waals surface area contributed by atoms with Crippen molar-refractivity contribution in [1.29, 1.82) is 0 Å². The molecule has 25 heavy (non-hydrogen) atoms. The van der Waals surface area contributed by atoms with Crippen molar-refractivity contribution in [2.45, 2.75) is 26.4 Å². The minimum atomic E-state index is -0.216. The fourth-order valence-corrected chi connectivity index (χ4v) is 2.42. The molecule has 0 aliphatic heterocycles. The zero-order valence-electron chi connectivity index (χ0n) is 14.3. The first-order chi connectivity index (χ1) is 12.1. The van der Waals surface area contributed by atoms with E-state index in [9.17, 15) is 4.79 Å². The summed E-state index contributed by atoms with van der Waals surface area (Å²) in [6, 6.07) is 7.66. The Bertz CT molecular complexity index is 894. The van der Waals surface area contributed by atoms with E-state index in [1.807, 2.05) is 32.0 Å². The number of aromatic nitrogens is 4. The van der Waals surface area contributed by atoms with Crippen molar-refractivity contribution in [2.24, 2.45) is 0 Å². The van der Waals surface area contributed by atoms with Crippen LogP contribution in [0.15, 0.2) is 43.2 Å². The molecule has 0 fully saturated rings. The van der Waals surface area contributed by atoms with Crippen LogP contribution in [0.2, 0.25) is 0 Å². The summed E-state index contributed by atoms with van der Waals surface area (Å²) in [6.07, 6.45) is 3.35. The number of H-pyrrole nitrogens is 1. The predicted octanol–water partition coefficient (Wildman–Crippen LogP) is 2.84. The smallest absolute Gasteiger partial charge is 0.268 e. The second kappa shape index (κ2) is 7.21. The zero-order valence-corrected chi connectivity index (χ0v) is 14.3. The van der Waals surface area contributed by atoms with Crippen LogP contribution in [0.25, 0.3) is 10.9 Å². The lowest BCUT2D eigenvalue weighted by molar-refractivity contribution is 0.0945. The van der Waals surface area contributed by atoms with Crippen LogP contribution >= 0.6 is 0 Å². The summed E-state index contributed by atoms with van der Waals surface area (Å²) in [6.45, 7) is 8.37. The molecule has 0 saturated heterocycles. The van der Waals surface area contributed by atoms with Gasteiger partial charge in [0.1, 0.15) is 24.4 Å². The van der Waals surface area contributed by atoms with Gasteiger partial charge < -0.3 is 15.0 Å². The number of carbonyl (C=O) groups excluding carboxylic acids is 1. The molecule has 3 rings (SSSR count). The molecule has 2 N–H and O–H groups in total. The molecule has 0 bridgehead atoms. The van der Waals surface area contributed by atoms with Crippen LogP contribution in [0.4, 0.5) is 0 Å². The van der Waals surface area contributed by atoms with Gasteiger partial charge in [-0.15, -0.1) is 0 Å². The summed E-state index contributed by atoms with van der Waals surface area (Å²) in [5.74, 6) is 1.07. The third-order valence-electron chi connectivity index (χ3n) is 3.72. The number of benzene rings is 1. The highest BCUT2D eigenvalue weighted by molar-refractivity contribution is 5.99. The average Bonchev–Trinajstić information content (AvgIpc) is 3.24. The molecule has 0 aliphatic carbocycles. The molecule has 7 heteroatoms. The number of fused-ring (bicyclic) bond motifs is 1. The minimum absolute atomic E-state index is 0.216. The second-order valence-electron chi connectivity index (χ2n) is 5.92. The molecule has 130 valence electrons. The first-order valence-electron chi connectivity index (χ1n) is 8.12. The van der Waals surface area contributed by atoms with E-state index < -0.39 is 0 Å². The molecule has 1 amide bonds. The quantitative estimate of drug-likeness (QED) is 0.648. The van der Waals surface area contributed by atoms with Gasteiger partial charge in [0.25, 0.3) is 5.91 Å². The number of rotatable bonds is 7. The van der Waals surface area contributed by atoms with Crippen LogP contribution < -0.4 is 10.1 Å². The van der Waals surface area contributed by atoms with Crippen LogP contribution in [-0.4, -0.2) is 32.3 Å². The van der Waals surface area contributed by atoms with E-state index in [-0.39, 0.29) is 18.5 Å². The highest BCUT2D eigenvalue weighted by Gasteiger charge is 2.13. The third-order valence-corrected chi connectivity index (χ3v) is 3.72. The van der Waals surface area contributed by atoms with Crippen molar-refractivity contribution in [2.75, 3.05) is 6.61 Å². The van der Waals surface area contributed by atoms with Crippen LogP contribution in [0.5, 0.6) is 5.75 Å². The molecule has 0 saturated carbocycles. The summed E-state index contributed by atoms with van der Waals surface area (Å²) in [7, 11) is 0. The van der Waals surface area contributed by atoms with Crippen molar-refractivity contribution >= 4 is 16.8 Å². The van der Waals surface area contributed by atoms with E-state index in [1.165, 1.54) is 0 Å². The third kappa shape index (κ3) is 3.71. The van der Waals surface area contributed by atoms with Gasteiger partial charge in [-0.1, -0.05) is 18.7 Å². The molecule has 2 aromatic heterocycles. The van der Waals surface area contributed by atoms with Crippen molar-refractivity contribution in [3.63, 3.8) is 0 Å². The van der Waals surface area contributed by atoms with Crippen molar-refractivity contribution < 1.29 is 9.53 Å².